The van der Waals surface area contributed by atoms with Crippen LogP contribution in [-0.2, 0) is 12.8 Å². The molecule has 0 unspecified atom stereocenters. The van der Waals surface area contributed by atoms with Crippen molar-refractivity contribution in [1.29, 1.82) is 0 Å². The van der Waals surface area contributed by atoms with E-state index in [0.717, 1.165) is 28.9 Å². The molecular formula is C15H17ClFN3. The molecule has 1 aromatic carbocycles. The molecule has 0 aliphatic heterocycles. The van der Waals surface area contributed by atoms with Gasteiger partial charge in [0.1, 0.15) is 11.6 Å². The zero-order valence-corrected chi connectivity index (χ0v) is 12.3. The second kappa shape index (κ2) is 6.29. The monoisotopic (exact) mass is 293 g/mol. The molecule has 0 spiro atoms. The predicted octanol–water partition coefficient (Wildman–Crippen LogP) is 2.98. The van der Waals surface area contributed by atoms with Gasteiger partial charge in [-0.3, -0.25) is 0 Å². The summed E-state index contributed by atoms with van der Waals surface area (Å²) in [4.78, 5) is 8.98. The van der Waals surface area contributed by atoms with E-state index < -0.39 is 0 Å². The van der Waals surface area contributed by atoms with E-state index in [1.54, 1.807) is 6.07 Å². The molecule has 106 valence electrons. The molecule has 0 atom stereocenters. The van der Waals surface area contributed by atoms with Gasteiger partial charge in [0.05, 0.1) is 0 Å². The molecule has 0 saturated carbocycles. The van der Waals surface area contributed by atoms with Crippen LogP contribution in [0.5, 0.6) is 0 Å². The third-order valence-corrected chi connectivity index (χ3v) is 3.58. The number of hydrogen-bond donors (Lipinski definition) is 1. The van der Waals surface area contributed by atoms with Gasteiger partial charge in [-0.2, -0.15) is 0 Å². The van der Waals surface area contributed by atoms with Gasteiger partial charge in [0, 0.05) is 22.8 Å². The lowest BCUT2D eigenvalue weighted by Gasteiger charge is -2.10. The zero-order chi connectivity index (χ0) is 14.7. The molecule has 0 saturated heterocycles. The summed E-state index contributed by atoms with van der Waals surface area (Å²) in [5.74, 6) is 0.347. The Bertz CT molecular complexity index is 606. The predicted molar refractivity (Wildman–Crippen MR) is 78.5 cm³/mol. The topological polar surface area (TPSA) is 51.8 Å². The largest absolute Gasteiger partial charge is 0.330 e. The maximum atomic E-state index is 13.0. The first kappa shape index (κ1) is 14.9. The highest BCUT2D eigenvalue weighted by Crippen LogP contribution is 2.20. The first-order valence-electron chi connectivity index (χ1n) is 6.48. The highest BCUT2D eigenvalue weighted by molar-refractivity contribution is 6.31. The number of nitrogens with zero attached hydrogens (tertiary/aromatic N) is 2. The van der Waals surface area contributed by atoms with E-state index >= 15 is 0 Å². The van der Waals surface area contributed by atoms with Crippen molar-refractivity contribution in [3.05, 3.63) is 57.4 Å². The van der Waals surface area contributed by atoms with Gasteiger partial charge in [-0.05, 0) is 50.1 Å². The minimum Gasteiger partial charge on any atom is -0.330 e. The highest BCUT2D eigenvalue weighted by Gasteiger charge is 2.10. The van der Waals surface area contributed by atoms with Crippen LogP contribution in [0.15, 0.2) is 18.2 Å². The van der Waals surface area contributed by atoms with Crippen LogP contribution in [0.4, 0.5) is 4.39 Å². The van der Waals surface area contributed by atoms with Crippen molar-refractivity contribution in [2.75, 3.05) is 6.54 Å². The summed E-state index contributed by atoms with van der Waals surface area (Å²) >= 11 is 6.03. The minimum absolute atomic E-state index is 0.342. The zero-order valence-electron chi connectivity index (χ0n) is 11.6. The van der Waals surface area contributed by atoms with Gasteiger partial charge in [-0.25, -0.2) is 14.4 Å². The number of hydrogen-bond acceptors (Lipinski definition) is 3. The molecule has 2 N–H and O–H groups in total. The van der Waals surface area contributed by atoms with Crippen LogP contribution >= 0.6 is 11.6 Å². The van der Waals surface area contributed by atoms with E-state index in [1.807, 2.05) is 13.8 Å². The van der Waals surface area contributed by atoms with Crippen molar-refractivity contribution < 1.29 is 4.39 Å². The van der Waals surface area contributed by atoms with Crippen molar-refractivity contribution in [2.45, 2.75) is 26.7 Å². The van der Waals surface area contributed by atoms with E-state index in [1.165, 1.54) is 12.1 Å². The van der Waals surface area contributed by atoms with Gasteiger partial charge in [-0.15, -0.1) is 0 Å². The van der Waals surface area contributed by atoms with E-state index in [2.05, 4.69) is 9.97 Å². The number of aryl methyl sites for hydroxylation is 2. The average molecular weight is 294 g/mol. The molecule has 20 heavy (non-hydrogen) atoms. The van der Waals surface area contributed by atoms with E-state index in [4.69, 9.17) is 17.3 Å². The Kier molecular flexibility index (Phi) is 4.68. The third kappa shape index (κ3) is 3.32. The van der Waals surface area contributed by atoms with Gasteiger partial charge >= 0.3 is 0 Å². The lowest BCUT2D eigenvalue weighted by atomic mass is 10.1. The standard InChI is InChI=1S/C15H17ClFN3/c1-9-13(5-6-18)10(2)20-15(19-9)7-11-3-4-12(17)8-14(11)16/h3-4,8H,5-7,18H2,1-2H3. The summed E-state index contributed by atoms with van der Waals surface area (Å²) in [5.41, 5.74) is 9.38. The lowest BCUT2D eigenvalue weighted by Crippen LogP contribution is -2.10. The summed E-state index contributed by atoms with van der Waals surface area (Å²) in [7, 11) is 0. The van der Waals surface area contributed by atoms with Gasteiger partial charge in [0.15, 0.2) is 0 Å². The molecule has 0 aliphatic rings. The Morgan fingerprint density at radius 1 is 1.20 bits per heavy atom. The fourth-order valence-corrected chi connectivity index (χ4v) is 2.46. The molecular weight excluding hydrogens is 277 g/mol. The second-order valence-electron chi connectivity index (χ2n) is 4.74. The molecule has 1 heterocycles. The summed E-state index contributed by atoms with van der Waals surface area (Å²) in [5, 5.41) is 0.398. The van der Waals surface area contributed by atoms with Gasteiger partial charge in [0.25, 0.3) is 0 Å². The van der Waals surface area contributed by atoms with Gasteiger partial charge < -0.3 is 5.73 Å². The molecule has 0 amide bonds. The quantitative estimate of drug-likeness (QED) is 0.943. The Hall–Kier alpha value is -1.52. The van der Waals surface area contributed by atoms with Crippen LogP contribution < -0.4 is 5.73 Å². The van der Waals surface area contributed by atoms with Crippen LogP contribution in [0.2, 0.25) is 5.02 Å². The van der Waals surface area contributed by atoms with Crippen molar-refractivity contribution in [1.82, 2.24) is 9.97 Å². The molecule has 3 nitrogen and oxygen atoms in total. The minimum atomic E-state index is -0.342. The fraction of sp³-hybridized carbons (Fsp3) is 0.333. The summed E-state index contributed by atoms with van der Waals surface area (Å²) in [6.45, 7) is 4.49. The maximum absolute atomic E-state index is 13.0. The first-order chi connectivity index (χ1) is 9.51. The molecule has 5 heteroatoms. The lowest BCUT2D eigenvalue weighted by molar-refractivity contribution is 0.627. The van der Waals surface area contributed by atoms with Crippen LogP contribution in [0.25, 0.3) is 0 Å². The molecule has 0 aliphatic carbocycles. The normalized spacial score (nSPS) is 10.8. The third-order valence-electron chi connectivity index (χ3n) is 3.23. The highest BCUT2D eigenvalue weighted by atomic mass is 35.5. The van der Waals surface area contributed by atoms with Crippen LogP contribution in [0.3, 0.4) is 0 Å². The molecule has 1 aromatic heterocycles. The molecule has 0 bridgehead atoms. The molecule has 0 fully saturated rings. The Labute approximate surface area is 123 Å². The number of rotatable bonds is 4. The molecule has 0 radical (unpaired) electrons. The van der Waals surface area contributed by atoms with Crippen molar-refractivity contribution in [3.63, 3.8) is 0 Å². The fourth-order valence-electron chi connectivity index (χ4n) is 2.23. The smallest absolute Gasteiger partial charge is 0.133 e. The second-order valence-corrected chi connectivity index (χ2v) is 5.15. The first-order valence-corrected chi connectivity index (χ1v) is 6.86. The number of benzene rings is 1. The summed E-state index contributed by atoms with van der Waals surface area (Å²) < 4.78 is 13.0. The van der Waals surface area contributed by atoms with E-state index in [0.29, 0.717) is 23.8 Å². The number of aromatic nitrogens is 2. The summed E-state index contributed by atoms with van der Waals surface area (Å²) in [6.07, 6.45) is 1.26. The van der Waals surface area contributed by atoms with Crippen LogP contribution in [-0.4, -0.2) is 16.5 Å². The van der Waals surface area contributed by atoms with E-state index in [-0.39, 0.29) is 5.82 Å². The van der Waals surface area contributed by atoms with Gasteiger partial charge in [-0.1, -0.05) is 17.7 Å². The molecule has 2 aromatic rings. The number of halogens is 2. The Morgan fingerprint density at radius 2 is 1.85 bits per heavy atom. The van der Waals surface area contributed by atoms with Crippen molar-refractivity contribution >= 4 is 11.6 Å². The van der Waals surface area contributed by atoms with E-state index in [9.17, 15) is 4.39 Å². The van der Waals surface area contributed by atoms with Gasteiger partial charge in [0.2, 0.25) is 0 Å². The number of nitrogens with two attached hydrogens (primary N) is 1. The molecule has 2 rings (SSSR count). The van der Waals surface area contributed by atoms with Crippen molar-refractivity contribution in [2.24, 2.45) is 5.73 Å². The SMILES string of the molecule is Cc1nc(Cc2ccc(F)cc2Cl)nc(C)c1CCN. The summed E-state index contributed by atoms with van der Waals surface area (Å²) in [6, 6.07) is 4.36. The maximum Gasteiger partial charge on any atom is 0.133 e. The van der Waals surface area contributed by atoms with Crippen molar-refractivity contribution in [3.8, 4) is 0 Å². The Morgan fingerprint density at radius 3 is 2.40 bits per heavy atom. The average Bonchev–Trinajstić information content (AvgIpc) is 2.37. The van der Waals surface area contributed by atoms with Crippen LogP contribution in [0, 0.1) is 19.7 Å². The Balaban J connectivity index is 2.30. The van der Waals surface area contributed by atoms with Crippen LogP contribution in [0.1, 0.15) is 28.3 Å².